The SMILES string of the molecule is O=C(O)c1ccnc(-c2ccc(O)cc2)c1. The second-order valence-electron chi connectivity index (χ2n) is 3.28. The number of pyridine rings is 1. The molecular weight excluding hydrogens is 206 g/mol. The molecule has 2 aromatic rings. The van der Waals surface area contributed by atoms with Crippen LogP contribution in [0.3, 0.4) is 0 Å². The number of nitrogens with zero attached hydrogens (tertiary/aromatic N) is 1. The molecule has 0 atom stereocenters. The summed E-state index contributed by atoms with van der Waals surface area (Å²) >= 11 is 0. The molecule has 4 nitrogen and oxygen atoms in total. The largest absolute Gasteiger partial charge is 0.508 e. The smallest absolute Gasteiger partial charge is 0.335 e. The Kier molecular flexibility index (Phi) is 2.55. The number of rotatable bonds is 2. The number of carboxylic acid groups (broad SMARTS) is 1. The van der Waals surface area contributed by atoms with Crippen LogP contribution >= 0.6 is 0 Å². The van der Waals surface area contributed by atoms with E-state index in [1.807, 2.05) is 0 Å². The number of hydrogen-bond acceptors (Lipinski definition) is 3. The van der Waals surface area contributed by atoms with Crippen LogP contribution in [0.15, 0.2) is 42.6 Å². The van der Waals surface area contributed by atoms with E-state index in [1.54, 1.807) is 12.1 Å². The summed E-state index contributed by atoms with van der Waals surface area (Å²) in [6, 6.07) is 9.36. The molecule has 0 saturated carbocycles. The molecule has 2 N–H and O–H groups in total. The van der Waals surface area contributed by atoms with Crippen molar-refractivity contribution in [2.75, 3.05) is 0 Å². The topological polar surface area (TPSA) is 70.4 Å². The molecule has 0 saturated heterocycles. The molecule has 1 heterocycles. The first-order valence-corrected chi connectivity index (χ1v) is 4.65. The number of aromatic carboxylic acids is 1. The molecule has 0 bridgehead atoms. The summed E-state index contributed by atoms with van der Waals surface area (Å²) in [5.41, 5.74) is 1.53. The highest BCUT2D eigenvalue weighted by atomic mass is 16.4. The van der Waals surface area contributed by atoms with E-state index in [4.69, 9.17) is 10.2 Å². The van der Waals surface area contributed by atoms with Gasteiger partial charge in [0.15, 0.2) is 0 Å². The van der Waals surface area contributed by atoms with Crippen molar-refractivity contribution < 1.29 is 15.0 Å². The molecule has 0 spiro atoms. The molecule has 0 aliphatic carbocycles. The van der Waals surface area contributed by atoms with Crippen LogP contribution in [-0.4, -0.2) is 21.2 Å². The first-order chi connectivity index (χ1) is 7.66. The first-order valence-electron chi connectivity index (χ1n) is 4.65. The maximum atomic E-state index is 10.8. The Morgan fingerprint density at radius 1 is 1.12 bits per heavy atom. The molecule has 16 heavy (non-hydrogen) atoms. The average Bonchev–Trinajstić information content (AvgIpc) is 2.30. The average molecular weight is 215 g/mol. The molecular formula is C12H9NO3. The van der Waals surface area contributed by atoms with E-state index < -0.39 is 5.97 Å². The number of carbonyl (C=O) groups is 1. The van der Waals surface area contributed by atoms with E-state index in [-0.39, 0.29) is 11.3 Å². The fourth-order valence-electron chi connectivity index (χ4n) is 1.35. The van der Waals surface area contributed by atoms with Crippen LogP contribution in [-0.2, 0) is 0 Å². The normalized spacial score (nSPS) is 10.0. The van der Waals surface area contributed by atoms with Crippen LogP contribution in [0.5, 0.6) is 5.75 Å². The summed E-state index contributed by atoms with van der Waals surface area (Å²) in [5, 5.41) is 18.0. The number of hydrogen-bond donors (Lipinski definition) is 2. The van der Waals surface area contributed by atoms with Gasteiger partial charge in [-0.05, 0) is 36.4 Å². The third-order valence-electron chi connectivity index (χ3n) is 2.17. The standard InChI is InChI=1S/C12H9NO3/c14-10-3-1-8(2-4-10)11-7-9(12(15)16)5-6-13-11/h1-7,14H,(H,15,16). The highest BCUT2D eigenvalue weighted by molar-refractivity contribution is 5.88. The lowest BCUT2D eigenvalue weighted by Crippen LogP contribution is -1.97. The van der Waals surface area contributed by atoms with Crippen LogP contribution in [0.4, 0.5) is 0 Å². The minimum absolute atomic E-state index is 0.165. The van der Waals surface area contributed by atoms with Gasteiger partial charge in [0.25, 0.3) is 0 Å². The van der Waals surface area contributed by atoms with E-state index in [1.165, 1.54) is 30.5 Å². The van der Waals surface area contributed by atoms with Crippen molar-refractivity contribution in [1.29, 1.82) is 0 Å². The van der Waals surface area contributed by atoms with Gasteiger partial charge in [-0.1, -0.05) is 0 Å². The van der Waals surface area contributed by atoms with Gasteiger partial charge in [-0.25, -0.2) is 4.79 Å². The van der Waals surface area contributed by atoms with Crippen LogP contribution in [0, 0.1) is 0 Å². The Morgan fingerprint density at radius 3 is 2.44 bits per heavy atom. The van der Waals surface area contributed by atoms with Gasteiger partial charge in [0, 0.05) is 11.8 Å². The molecule has 0 aliphatic rings. The predicted molar refractivity (Wildman–Crippen MR) is 58.3 cm³/mol. The van der Waals surface area contributed by atoms with E-state index >= 15 is 0 Å². The molecule has 0 amide bonds. The van der Waals surface area contributed by atoms with Crippen molar-refractivity contribution in [1.82, 2.24) is 4.98 Å². The van der Waals surface area contributed by atoms with Crippen molar-refractivity contribution in [3.63, 3.8) is 0 Å². The third kappa shape index (κ3) is 2.00. The van der Waals surface area contributed by atoms with Gasteiger partial charge in [0.2, 0.25) is 0 Å². The molecule has 1 aromatic heterocycles. The van der Waals surface area contributed by atoms with Crippen molar-refractivity contribution in [3.8, 4) is 17.0 Å². The highest BCUT2D eigenvalue weighted by Gasteiger charge is 2.05. The number of carboxylic acids is 1. The first kappa shape index (κ1) is 10.2. The zero-order chi connectivity index (χ0) is 11.5. The van der Waals surface area contributed by atoms with Crippen LogP contribution in [0.1, 0.15) is 10.4 Å². The van der Waals surface area contributed by atoms with E-state index in [0.717, 1.165) is 5.56 Å². The van der Waals surface area contributed by atoms with Crippen molar-refractivity contribution in [2.45, 2.75) is 0 Å². The summed E-state index contributed by atoms with van der Waals surface area (Å²) in [6.07, 6.45) is 1.45. The number of phenolic OH excluding ortho intramolecular Hbond substituents is 1. The summed E-state index contributed by atoms with van der Waals surface area (Å²) in [5.74, 6) is -0.819. The van der Waals surface area contributed by atoms with Gasteiger partial charge >= 0.3 is 5.97 Å². The lowest BCUT2D eigenvalue weighted by molar-refractivity contribution is 0.0697. The Labute approximate surface area is 91.8 Å². The van der Waals surface area contributed by atoms with Gasteiger partial charge in [-0.15, -0.1) is 0 Å². The fourth-order valence-corrected chi connectivity index (χ4v) is 1.35. The second-order valence-corrected chi connectivity index (χ2v) is 3.28. The predicted octanol–water partition coefficient (Wildman–Crippen LogP) is 2.15. The van der Waals surface area contributed by atoms with E-state index in [9.17, 15) is 4.79 Å². The summed E-state index contributed by atoms with van der Waals surface area (Å²) < 4.78 is 0. The Morgan fingerprint density at radius 2 is 1.81 bits per heavy atom. The Balaban J connectivity index is 2.44. The van der Waals surface area contributed by atoms with Gasteiger partial charge in [-0.3, -0.25) is 4.98 Å². The summed E-state index contributed by atoms with van der Waals surface area (Å²) in [4.78, 5) is 14.8. The lowest BCUT2D eigenvalue weighted by Gasteiger charge is -2.01. The van der Waals surface area contributed by atoms with Crippen LogP contribution < -0.4 is 0 Å². The molecule has 0 aliphatic heterocycles. The lowest BCUT2D eigenvalue weighted by atomic mass is 10.1. The quantitative estimate of drug-likeness (QED) is 0.805. The Bertz CT molecular complexity index is 520. The molecule has 2 rings (SSSR count). The van der Waals surface area contributed by atoms with Crippen LogP contribution in [0.25, 0.3) is 11.3 Å². The number of aromatic nitrogens is 1. The zero-order valence-electron chi connectivity index (χ0n) is 8.29. The summed E-state index contributed by atoms with van der Waals surface area (Å²) in [6.45, 7) is 0. The monoisotopic (exact) mass is 215 g/mol. The number of benzene rings is 1. The third-order valence-corrected chi connectivity index (χ3v) is 2.17. The van der Waals surface area contributed by atoms with Gasteiger partial charge in [0.05, 0.1) is 11.3 Å². The maximum absolute atomic E-state index is 10.8. The van der Waals surface area contributed by atoms with Crippen LogP contribution in [0.2, 0.25) is 0 Å². The van der Waals surface area contributed by atoms with E-state index in [2.05, 4.69) is 4.98 Å². The van der Waals surface area contributed by atoms with Gasteiger partial charge < -0.3 is 10.2 Å². The fraction of sp³-hybridized carbons (Fsp3) is 0. The zero-order valence-corrected chi connectivity index (χ0v) is 8.29. The molecule has 4 heteroatoms. The number of aromatic hydroxyl groups is 1. The van der Waals surface area contributed by atoms with E-state index in [0.29, 0.717) is 5.69 Å². The minimum atomic E-state index is -0.984. The summed E-state index contributed by atoms with van der Waals surface area (Å²) in [7, 11) is 0. The maximum Gasteiger partial charge on any atom is 0.335 e. The van der Waals surface area contributed by atoms with Gasteiger partial charge in [0.1, 0.15) is 5.75 Å². The minimum Gasteiger partial charge on any atom is -0.508 e. The Hall–Kier alpha value is -2.36. The highest BCUT2D eigenvalue weighted by Crippen LogP contribution is 2.20. The molecule has 0 unspecified atom stereocenters. The van der Waals surface area contributed by atoms with Gasteiger partial charge in [-0.2, -0.15) is 0 Å². The molecule has 0 fully saturated rings. The molecule has 1 aromatic carbocycles. The van der Waals surface area contributed by atoms with Crippen molar-refractivity contribution in [3.05, 3.63) is 48.2 Å². The number of phenols is 1. The van der Waals surface area contributed by atoms with Crippen molar-refractivity contribution in [2.24, 2.45) is 0 Å². The molecule has 80 valence electrons. The second kappa shape index (κ2) is 4.02. The molecule has 0 radical (unpaired) electrons. The van der Waals surface area contributed by atoms with Crippen molar-refractivity contribution >= 4 is 5.97 Å².